The first-order valence-electron chi connectivity index (χ1n) is 3.82. The van der Waals surface area contributed by atoms with Crippen molar-refractivity contribution >= 4 is 33.9 Å². The van der Waals surface area contributed by atoms with Crippen molar-refractivity contribution in [1.29, 1.82) is 0 Å². The van der Waals surface area contributed by atoms with Gasteiger partial charge in [-0.25, -0.2) is 0 Å². The number of halogens is 1. The molecule has 0 atom stereocenters. The molecule has 0 radical (unpaired) electrons. The molecule has 0 bridgehead atoms. The monoisotopic (exact) mass is 302 g/mol. The molecule has 4 heteroatoms. The number of nitrogens with zero attached hydrogens (tertiary/aromatic N) is 2. The highest BCUT2D eigenvalue weighted by molar-refractivity contribution is 14.1. The zero-order valence-corrected chi connectivity index (χ0v) is 9.96. The van der Waals surface area contributed by atoms with Crippen molar-refractivity contribution in [2.45, 2.75) is 6.92 Å². The van der Waals surface area contributed by atoms with Crippen molar-refractivity contribution in [1.82, 2.24) is 10.2 Å². The second kappa shape index (κ2) is 3.71. The molecule has 0 saturated heterocycles. The summed E-state index contributed by atoms with van der Waals surface area (Å²) in [5.74, 6) is 0. The van der Waals surface area contributed by atoms with Gasteiger partial charge in [0.2, 0.25) is 0 Å². The second-order valence-electron chi connectivity index (χ2n) is 2.73. The summed E-state index contributed by atoms with van der Waals surface area (Å²) < 4.78 is 0.981. The van der Waals surface area contributed by atoms with Gasteiger partial charge in [0, 0.05) is 5.56 Å². The molecular formula is C9H7IN2S. The largest absolute Gasteiger partial charge is 0.178 e. The summed E-state index contributed by atoms with van der Waals surface area (Å²) >= 11 is 3.79. The average Bonchev–Trinajstić information content (AvgIpc) is 2.52. The molecule has 0 amide bonds. The second-order valence-corrected chi connectivity index (χ2v) is 5.46. The fourth-order valence-corrected chi connectivity index (χ4v) is 2.40. The summed E-state index contributed by atoms with van der Waals surface area (Å²) in [5.41, 5.74) is 2.41. The van der Waals surface area contributed by atoms with Gasteiger partial charge in [-0.05, 0) is 35.6 Å². The van der Waals surface area contributed by atoms with Gasteiger partial charge in [0.15, 0.2) is 3.01 Å². The van der Waals surface area contributed by atoms with Crippen LogP contribution in [0.2, 0.25) is 0 Å². The Balaban J connectivity index is 2.46. The normalized spacial score (nSPS) is 10.3. The lowest BCUT2D eigenvalue weighted by Gasteiger charge is -1.95. The van der Waals surface area contributed by atoms with E-state index in [2.05, 4.69) is 57.9 Å². The first-order chi connectivity index (χ1) is 6.25. The maximum Gasteiger partial charge on any atom is 0.178 e. The molecule has 66 valence electrons. The lowest BCUT2D eigenvalue weighted by molar-refractivity contribution is 1.07. The molecule has 2 aromatic rings. The fraction of sp³-hybridized carbons (Fsp3) is 0.111. The van der Waals surface area contributed by atoms with E-state index in [1.165, 1.54) is 5.56 Å². The third-order valence-electron chi connectivity index (χ3n) is 1.67. The van der Waals surface area contributed by atoms with Gasteiger partial charge < -0.3 is 0 Å². The van der Waals surface area contributed by atoms with E-state index in [-0.39, 0.29) is 0 Å². The highest BCUT2D eigenvalue weighted by Gasteiger charge is 2.03. The lowest BCUT2D eigenvalue weighted by atomic mass is 10.1. The fourth-order valence-electron chi connectivity index (χ4n) is 1.10. The molecule has 0 aliphatic heterocycles. The van der Waals surface area contributed by atoms with Crippen LogP contribution in [0, 0.1) is 9.94 Å². The van der Waals surface area contributed by atoms with Crippen LogP contribution in [-0.4, -0.2) is 10.2 Å². The number of aromatic nitrogens is 2. The zero-order chi connectivity index (χ0) is 9.26. The highest BCUT2D eigenvalue weighted by Crippen LogP contribution is 2.24. The number of rotatable bonds is 1. The van der Waals surface area contributed by atoms with Gasteiger partial charge in [-0.15, -0.1) is 10.2 Å². The van der Waals surface area contributed by atoms with Crippen molar-refractivity contribution < 1.29 is 0 Å². The van der Waals surface area contributed by atoms with E-state index >= 15 is 0 Å². The molecule has 1 heterocycles. The van der Waals surface area contributed by atoms with Gasteiger partial charge in [0.1, 0.15) is 5.01 Å². The van der Waals surface area contributed by atoms with Gasteiger partial charge in [-0.2, -0.15) is 0 Å². The van der Waals surface area contributed by atoms with Crippen LogP contribution in [0.5, 0.6) is 0 Å². The summed E-state index contributed by atoms with van der Waals surface area (Å²) in [4.78, 5) is 0. The van der Waals surface area contributed by atoms with Crippen molar-refractivity contribution in [2.24, 2.45) is 0 Å². The van der Waals surface area contributed by atoms with E-state index < -0.39 is 0 Å². The van der Waals surface area contributed by atoms with E-state index in [4.69, 9.17) is 0 Å². The maximum atomic E-state index is 4.09. The van der Waals surface area contributed by atoms with Gasteiger partial charge >= 0.3 is 0 Å². The first kappa shape index (κ1) is 9.08. The van der Waals surface area contributed by atoms with Crippen molar-refractivity contribution in [3.63, 3.8) is 0 Å². The summed E-state index contributed by atoms with van der Waals surface area (Å²) in [7, 11) is 0. The predicted octanol–water partition coefficient (Wildman–Crippen LogP) is 3.12. The molecule has 0 unspecified atom stereocenters. The third kappa shape index (κ3) is 2.05. The van der Waals surface area contributed by atoms with E-state index in [0.717, 1.165) is 13.6 Å². The number of aryl methyl sites for hydroxylation is 1. The Labute approximate surface area is 94.2 Å². The van der Waals surface area contributed by atoms with Gasteiger partial charge in [0.25, 0.3) is 0 Å². The number of benzene rings is 1. The predicted molar refractivity (Wildman–Crippen MR) is 62.8 cm³/mol. The van der Waals surface area contributed by atoms with E-state index in [0.29, 0.717) is 0 Å². The number of hydrogen-bond acceptors (Lipinski definition) is 3. The Bertz CT molecular complexity index is 425. The van der Waals surface area contributed by atoms with Gasteiger partial charge in [-0.3, -0.25) is 0 Å². The summed E-state index contributed by atoms with van der Waals surface area (Å²) in [6.07, 6.45) is 0. The Morgan fingerprint density at radius 3 is 2.77 bits per heavy atom. The van der Waals surface area contributed by atoms with Gasteiger partial charge in [0.05, 0.1) is 0 Å². The van der Waals surface area contributed by atoms with Crippen LogP contribution in [0.15, 0.2) is 24.3 Å². The summed E-state index contributed by atoms with van der Waals surface area (Å²) in [5, 5.41) is 9.06. The zero-order valence-electron chi connectivity index (χ0n) is 6.99. The van der Waals surface area contributed by atoms with Crippen molar-refractivity contribution in [3.05, 3.63) is 32.8 Å². The molecule has 1 aromatic heterocycles. The van der Waals surface area contributed by atoms with E-state index in [1.807, 2.05) is 6.07 Å². The molecule has 0 saturated carbocycles. The Morgan fingerprint density at radius 1 is 1.31 bits per heavy atom. The van der Waals surface area contributed by atoms with E-state index in [1.54, 1.807) is 11.3 Å². The Hall–Kier alpha value is -0.490. The minimum absolute atomic E-state index is 0.981. The molecule has 13 heavy (non-hydrogen) atoms. The van der Waals surface area contributed by atoms with Crippen molar-refractivity contribution in [2.75, 3.05) is 0 Å². The molecule has 0 N–H and O–H groups in total. The molecule has 0 aliphatic carbocycles. The van der Waals surface area contributed by atoms with Crippen LogP contribution in [-0.2, 0) is 0 Å². The van der Waals surface area contributed by atoms with E-state index in [9.17, 15) is 0 Å². The molecule has 0 fully saturated rings. The van der Waals surface area contributed by atoms with Crippen LogP contribution in [0.1, 0.15) is 5.56 Å². The van der Waals surface area contributed by atoms with Crippen LogP contribution >= 0.6 is 33.9 Å². The average molecular weight is 302 g/mol. The quantitative estimate of drug-likeness (QED) is 0.756. The van der Waals surface area contributed by atoms with Crippen molar-refractivity contribution in [3.8, 4) is 10.6 Å². The molecule has 0 spiro atoms. The number of hydrogen-bond donors (Lipinski definition) is 0. The van der Waals surface area contributed by atoms with Crippen LogP contribution in [0.3, 0.4) is 0 Å². The van der Waals surface area contributed by atoms with Gasteiger partial charge in [-0.1, -0.05) is 35.1 Å². The summed E-state index contributed by atoms with van der Waals surface area (Å²) in [6.45, 7) is 2.08. The maximum absolute atomic E-state index is 4.09. The molecule has 2 nitrogen and oxygen atoms in total. The summed E-state index contributed by atoms with van der Waals surface area (Å²) in [6, 6.07) is 8.30. The van der Waals surface area contributed by atoms with Crippen LogP contribution < -0.4 is 0 Å². The smallest absolute Gasteiger partial charge is 0.137 e. The Morgan fingerprint density at radius 2 is 2.15 bits per heavy atom. The van der Waals surface area contributed by atoms with Crippen LogP contribution in [0.4, 0.5) is 0 Å². The third-order valence-corrected chi connectivity index (χ3v) is 3.30. The minimum atomic E-state index is 0.981. The highest BCUT2D eigenvalue weighted by atomic mass is 127. The first-order valence-corrected chi connectivity index (χ1v) is 5.71. The topological polar surface area (TPSA) is 25.8 Å². The lowest BCUT2D eigenvalue weighted by Crippen LogP contribution is -1.77. The molecule has 2 rings (SSSR count). The molecular weight excluding hydrogens is 295 g/mol. The SMILES string of the molecule is Cc1cccc(-c2nnc(I)s2)c1. The Kier molecular flexibility index (Phi) is 2.59. The standard InChI is InChI=1S/C9H7IN2S/c1-6-3-2-4-7(5-6)8-11-12-9(10)13-8/h2-5H,1H3. The molecule has 1 aromatic carbocycles. The minimum Gasteiger partial charge on any atom is -0.137 e. The van der Waals surface area contributed by atoms with Crippen LogP contribution in [0.25, 0.3) is 10.6 Å². The molecule has 0 aliphatic rings.